The molecule has 102 valence electrons. The van der Waals surface area contributed by atoms with Crippen molar-refractivity contribution in [3.63, 3.8) is 0 Å². The molecule has 0 heterocycles. The molecule has 1 fully saturated rings. The zero-order valence-corrected chi connectivity index (χ0v) is 13.1. The molecule has 1 aliphatic carbocycles. The van der Waals surface area contributed by atoms with E-state index in [4.69, 9.17) is 0 Å². The molecule has 1 atom stereocenters. The van der Waals surface area contributed by atoms with Crippen molar-refractivity contribution < 1.29 is 0 Å². The molecular weight excluding hydrogens is 247 g/mol. The van der Waals surface area contributed by atoms with Crippen molar-refractivity contribution in [2.75, 3.05) is 0 Å². The first kappa shape index (κ1) is 14.6. The van der Waals surface area contributed by atoms with E-state index in [9.17, 15) is 0 Å². The van der Waals surface area contributed by atoms with Crippen molar-refractivity contribution in [3.8, 4) is 0 Å². The molecular formula is C18H25P. The van der Waals surface area contributed by atoms with Crippen LogP contribution in [-0.4, -0.2) is 5.66 Å². The SMILES string of the molecule is CC(C)P(C=C=CC1CCCCC1)c1ccccc1. The molecule has 0 aliphatic heterocycles. The molecule has 0 spiro atoms. The lowest BCUT2D eigenvalue weighted by molar-refractivity contribution is 0.420. The first-order chi connectivity index (χ1) is 9.27. The maximum absolute atomic E-state index is 3.51. The molecule has 1 aromatic rings. The van der Waals surface area contributed by atoms with Crippen LogP contribution in [0.4, 0.5) is 0 Å². The molecule has 0 saturated heterocycles. The van der Waals surface area contributed by atoms with Gasteiger partial charge in [0, 0.05) is 0 Å². The Kier molecular flexibility index (Phi) is 5.90. The van der Waals surface area contributed by atoms with Crippen LogP contribution in [0.3, 0.4) is 0 Å². The highest BCUT2D eigenvalue weighted by Crippen LogP contribution is 2.41. The summed E-state index contributed by atoms with van der Waals surface area (Å²) in [6.07, 6.45) is 9.30. The van der Waals surface area contributed by atoms with Crippen molar-refractivity contribution in [1.82, 2.24) is 0 Å². The van der Waals surface area contributed by atoms with Gasteiger partial charge in [0.2, 0.25) is 0 Å². The Labute approximate surface area is 119 Å². The molecule has 1 unspecified atom stereocenters. The lowest BCUT2D eigenvalue weighted by Gasteiger charge is -2.18. The van der Waals surface area contributed by atoms with Gasteiger partial charge in [0.1, 0.15) is 0 Å². The van der Waals surface area contributed by atoms with E-state index in [0.29, 0.717) is 5.66 Å². The third-order valence-electron chi connectivity index (χ3n) is 3.81. The van der Waals surface area contributed by atoms with Crippen LogP contribution in [0.15, 0.2) is 48.0 Å². The van der Waals surface area contributed by atoms with Gasteiger partial charge in [0.25, 0.3) is 0 Å². The van der Waals surface area contributed by atoms with Gasteiger partial charge in [-0.3, -0.25) is 0 Å². The van der Waals surface area contributed by atoms with E-state index in [-0.39, 0.29) is 7.92 Å². The highest BCUT2D eigenvalue weighted by molar-refractivity contribution is 7.69. The fourth-order valence-corrected chi connectivity index (χ4v) is 4.49. The van der Waals surface area contributed by atoms with E-state index in [2.05, 4.69) is 61.8 Å². The monoisotopic (exact) mass is 272 g/mol. The fourth-order valence-electron chi connectivity index (χ4n) is 2.68. The van der Waals surface area contributed by atoms with E-state index in [1.165, 1.54) is 37.4 Å². The molecule has 1 saturated carbocycles. The van der Waals surface area contributed by atoms with E-state index < -0.39 is 0 Å². The first-order valence-corrected chi connectivity index (χ1v) is 9.01. The number of allylic oxidation sites excluding steroid dienone is 1. The van der Waals surface area contributed by atoms with Crippen LogP contribution in [0, 0.1) is 5.92 Å². The summed E-state index contributed by atoms with van der Waals surface area (Å²) >= 11 is 0. The van der Waals surface area contributed by atoms with Crippen molar-refractivity contribution in [2.45, 2.75) is 51.6 Å². The summed E-state index contributed by atoms with van der Waals surface area (Å²) in [5.74, 6) is 3.12. The summed E-state index contributed by atoms with van der Waals surface area (Å²) in [7, 11) is -0.209. The molecule has 0 amide bonds. The Bertz CT molecular complexity index is 420. The van der Waals surface area contributed by atoms with Gasteiger partial charge in [0.15, 0.2) is 0 Å². The molecule has 19 heavy (non-hydrogen) atoms. The average Bonchev–Trinajstić information content (AvgIpc) is 2.45. The largest absolute Gasteiger partial charge is 0.124 e. The minimum absolute atomic E-state index is 0.209. The highest BCUT2D eigenvalue weighted by atomic mass is 31.1. The second kappa shape index (κ2) is 7.68. The van der Waals surface area contributed by atoms with Crippen molar-refractivity contribution >= 4 is 13.2 Å². The standard InChI is InChI=1S/C18H25P/c1-16(2)19(18-13-7-4-8-14-18)15-9-12-17-10-5-3-6-11-17/h4,7-8,12-17H,3,5-6,10-11H2,1-2H3. The van der Waals surface area contributed by atoms with Crippen LogP contribution in [0.2, 0.25) is 0 Å². The van der Waals surface area contributed by atoms with Crippen LogP contribution in [0.25, 0.3) is 0 Å². The Morgan fingerprint density at radius 3 is 2.42 bits per heavy atom. The second-order valence-electron chi connectivity index (χ2n) is 5.70. The van der Waals surface area contributed by atoms with Crippen LogP contribution in [-0.2, 0) is 0 Å². The van der Waals surface area contributed by atoms with Crippen LogP contribution in [0.5, 0.6) is 0 Å². The van der Waals surface area contributed by atoms with Crippen LogP contribution >= 0.6 is 7.92 Å². The first-order valence-electron chi connectivity index (χ1n) is 7.53. The average molecular weight is 272 g/mol. The lowest BCUT2D eigenvalue weighted by atomic mass is 9.89. The molecule has 0 radical (unpaired) electrons. The Hall–Kier alpha value is -0.830. The predicted molar refractivity (Wildman–Crippen MR) is 87.4 cm³/mol. The van der Waals surface area contributed by atoms with Crippen LogP contribution < -0.4 is 5.30 Å². The molecule has 1 aromatic carbocycles. The molecule has 0 nitrogen and oxygen atoms in total. The van der Waals surface area contributed by atoms with Gasteiger partial charge < -0.3 is 0 Å². The summed E-state index contributed by atoms with van der Waals surface area (Å²) in [5.41, 5.74) is 4.20. The molecule has 0 N–H and O–H groups in total. The predicted octanol–water partition coefficient (Wildman–Crippen LogP) is 5.45. The Balaban J connectivity index is 2.06. The van der Waals surface area contributed by atoms with Gasteiger partial charge in [-0.25, -0.2) is 0 Å². The number of hydrogen-bond acceptors (Lipinski definition) is 0. The molecule has 2 rings (SSSR count). The highest BCUT2D eigenvalue weighted by Gasteiger charge is 2.12. The topological polar surface area (TPSA) is 0 Å². The summed E-state index contributed by atoms with van der Waals surface area (Å²) in [6, 6.07) is 10.9. The normalized spacial score (nSPS) is 17.8. The maximum Gasteiger partial charge on any atom is -0.0139 e. The third kappa shape index (κ3) is 4.64. The van der Waals surface area contributed by atoms with Gasteiger partial charge in [-0.1, -0.05) is 63.4 Å². The van der Waals surface area contributed by atoms with Gasteiger partial charge in [-0.05, 0) is 49.5 Å². The third-order valence-corrected chi connectivity index (χ3v) is 6.24. The lowest BCUT2D eigenvalue weighted by Crippen LogP contribution is -2.05. The molecule has 0 aromatic heterocycles. The smallest absolute Gasteiger partial charge is 0.0139 e. The molecule has 1 heteroatoms. The van der Waals surface area contributed by atoms with Crippen LogP contribution in [0.1, 0.15) is 46.0 Å². The van der Waals surface area contributed by atoms with Gasteiger partial charge in [-0.15, -0.1) is 5.73 Å². The van der Waals surface area contributed by atoms with Gasteiger partial charge in [0.05, 0.1) is 0 Å². The Morgan fingerprint density at radius 1 is 1.11 bits per heavy atom. The second-order valence-corrected chi connectivity index (χ2v) is 8.32. The van der Waals surface area contributed by atoms with Crippen molar-refractivity contribution in [3.05, 3.63) is 48.0 Å². The molecule has 0 bridgehead atoms. The quantitative estimate of drug-likeness (QED) is 0.505. The van der Waals surface area contributed by atoms with Crippen molar-refractivity contribution in [2.24, 2.45) is 5.92 Å². The Morgan fingerprint density at radius 2 is 1.79 bits per heavy atom. The zero-order valence-electron chi connectivity index (χ0n) is 12.2. The van der Waals surface area contributed by atoms with Gasteiger partial charge >= 0.3 is 0 Å². The zero-order chi connectivity index (χ0) is 13.5. The number of benzene rings is 1. The van der Waals surface area contributed by atoms with Crippen molar-refractivity contribution in [1.29, 1.82) is 0 Å². The minimum Gasteiger partial charge on any atom is -0.124 e. The minimum atomic E-state index is -0.209. The van der Waals surface area contributed by atoms with E-state index in [1.54, 1.807) is 0 Å². The summed E-state index contributed by atoms with van der Waals surface area (Å²) in [4.78, 5) is 0. The maximum atomic E-state index is 3.51. The van der Waals surface area contributed by atoms with E-state index in [1.807, 2.05) is 0 Å². The van der Waals surface area contributed by atoms with Gasteiger partial charge in [-0.2, -0.15) is 0 Å². The fraction of sp³-hybridized carbons (Fsp3) is 0.500. The van der Waals surface area contributed by atoms with E-state index in [0.717, 1.165) is 5.92 Å². The van der Waals surface area contributed by atoms with E-state index >= 15 is 0 Å². The number of hydrogen-bond donors (Lipinski definition) is 0. The summed E-state index contributed by atoms with van der Waals surface area (Å²) in [5, 5.41) is 1.47. The number of rotatable bonds is 4. The summed E-state index contributed by atoms with van der Waals surface area (Å²) < 4.78 is 0. The molecule has 1 aliphatic rings. The summed E-state index contributed by atoms with van der Waals surface area (Å²) in [6.45, 7) is 4.63.